The second-order valence-electron chi connectivity index (χ2n) is 5.36. The highest BCUT2D eigenvalue weighted by atomic mass is 16.5. The number of ether oxygens (including phenoxy) is 2. The molecule has 1 aromatic carbocycles. The van der Waals surface area contributed by atoms with Crippen molar-refractivity contribution in [1.29, 1.82) is 0 Å². The van der Waals surface area contributed by atoms with Gasteiger partial charge in [0.2, 0.25) is 0 Å². The van der Waals surface area contributed by atoms with Crippen LogP contribution in [0.3, 0.4) is 0 Å². The predicted molar refractivity (Wildman–Crippen MR) is 79.4 cm³/mol. The minimum absolute atomic E-state index is 0.588. The number of rotatable bonds is 5. The second-order valence-corrected chi connectivity index (χ2v) is 5.36. The van der Waals surface area contributed by atoms with Crippen molar-refractivity contribution in [2.24, 2.45) is 0 Å². The van der Waals surface area contributed by atoms with E-state index in [0.717, 1.165) is 43.0 Å². The van der Waals surface area contributed by atoms with Crippen molar-refractivity contribution in [3.63, 3.8) is 0 Å². The van der Waals surface area contributed by atoms with E-state index in [0.29, 0.717) is 13.2 Å². The summed E-state index contributed by atoms with van der Waals surface area (Å²) in [6, 6.07) is 5.79. The molecule has 20 heavy (non-hydrogen) atoms. The van der Waals surface area contributed by atoms with Gasteiger partial charge in [-0.15, -0.1) is 0 Å². The van der Waals surface area contributed by atoms with Gasteiger partial charge in [-0.3, -0.25) is 0 Å². The molecule has 112 valence electrons. The Hall–Kier alpha value is -1.26. The van der Waals surface area contributed by atoms with E-state index in [2.05, 4.69) is 11.9 Å². The van der Waals surface area contributed by atoms with Crippen molar-refractivity contribution < 1.29 is 14.6 Å². The van der Waals surface area contributed by atoms with Gasteiger partial charge in [0.05, 0.1) is 18.8 Å². The Morgan fingerprint density at radius 3 is 2.30 bits per heavy atom. The summed E-state index contributed by atoms with van der Waals surface area (Å²) in [5, 5.41) is 10.9. The summed E-state index contributed by atoms with van der Waals surface area (Å²) in [6.45, 7) is 6.92. The smallest absolute Gasteiger partial charge is 0.161 e. The number of hydrogen-bond donors (Lipinski definition) is 1. The summed E-state index contributed by atoms with van der Waals surface area (Å²) >= 11 is 0. The van der Waals surface area contributed by atoms with Crippen molar-refractivity contribution in [2.45, 2.75) is 32.3 Å². The molecule has 1 heterocycles. The highest BCUT2D eigenvalue weighted by molar-refractivity contribution is 5.44. The van der Waals surface area contributed by atoms with Crippen molar-refractivity contribution in [2.75, 3.05) is 33.4 Å². The average Bonchev–Trinajstić information content (AvgIpc) is 2.45. The first-order chi connectivity index (χ1) is 9.59. The zero-order valence-corrected chi connectivity index (χ0v) is 12.7. The first kappa shape index (κ1) is 15.1. The monoisotopic (exact) mass is 279 g/mol. The molecule has 1 aromatic rings. The van der Waals surface area contributed by atoms with Gasteiger partial charge in [-0.25, -0.2) is 0 Å². The lowest BCUT2D eigenvalue weighted by Gasteiger charge is -2.37. The molecule has 0 spiro atoms. The maximum atomic E-state index is 10.9. The fourth-order valence-electron chi connectivity index (χ4n) is 2.62. The molecule has 0 unspecified atom stereocenters. The highest BCUT2D eigenvalue weighted by Gasteiger charge is 2.33. The second kappa shape index (κ2) is 6.46. The number of likely N-dealkylation sites (tertiary alicyclic amines) is 1. The lowest BCUT2D eigenvalue weighted by Crippen LogP contribution is -2.40. The highest BCUT2D eigenvalue weighted by Crippen LogP contribution is 2.37. The summed E-state index contributed by atoms with van der Waals surface area (Å²) in [5.74, 6) is 1.47. The summed E-state index contributed by atoms with van der Waals surface area (Å²) < 4.78 is 11.2. The van der Waals surface area contributed by atoms with E-state index in [1.807, 2.05) is 32.0 Å². The third kappa shape index (κ3) is 3.25. The van der Waals surface area contributed by atoms with Crippen molar-refractivity contribution in [1.82, 2.24) is 4.90 Å². The number of hydrogen-bond acceptors (Lipinski definition) is 4. The van der Waals surface area contributed by atoms with Crippen molar-refractivity contribution in [3.8, 4) is 11.5 Å². The standard InChI is InChI=1S/C16H25NO3/c1-4-19-14-7-6-13(12-15(14)20-5-2)16(18)8-10-17(3)11-9-16/h6-7,12,18H,4-5,8-11H2,1-3H3. The maximum absolute atomic E-state index is 10.9. The molecular weight excluding hydrogens is 254 g/mol. The molecule has 4 heteroatoms. The molecule has 1 saturated heterocycles. The zero-order chi connectivity index (χ0) is 14.6. The van der Waals surface area contributed by atoms with Gasteiger partial charge < -0.3 is 19.5 Å². The summed E-state index contributed by atoms with van der Waals surface area (Å²) in [4.78, 5) is 2.24. The molecule has 0 saturated carbocycles. The van der Waals surface area contributed by atoms with E-state index in [1.54, 1.807) is 0 Å². The molecule has 4 nitrogen and oxygen atoms in total. The SMILES string of the molecule is CCOc1ccc(C2(O)CCN(C)CC2)cc1OCC. The predicted octanol–water partition coefficient (Wildman–Crippen LogP) is 2.40. The van der Waals surface area contributed by atoms with Gasteiger partial charge in [0, 0.05) is 13.1 Å². The van der Waals surface area contributed by atoms with Gasteiger partial charge in [0.15, 0.2) is 11.5 Å². The first-order valence-electron chi connectivity index (χ1n) is 7.40. The third-order valence-electron chi connectivity index (χ3n) is 3.89. The summed E-state index contributed by atoms with van der Waals surface area (Å²) in [6.07, 6.45) is 1.51. The van der Waals surface area contributed by atoms with Crippen LogP contribution in [0.2, 0.25) is 0 Å². The Morgan fingerprint density at radius 1 is 1.10 bits per heavy atom. The van der Waals surface area contributed by atoms with Crippen LogP contribution in [0.1, 0.15) is 32.3 Å². The molecular formula is C16H25NO3. The van der Waals surface area contributed by atoms with Gasteiger partial charge in [-0.05, 0) is 51.4 Å². The summed E-state index contributed by atoms with van der Waals surface area (Å²) in [5.41, 5.74) is 0.181. The Balaban J connectivity index is 2.25. The molecule has 0 amide bonds. The van der Waals surface area contributed by atoms with Crippen LogP contribution in [-0.4, -0.2) is 43.4 Å². The van der Waals surface area contributed by atoms with Crippen LogP contribution in [0, 0.1) is 0 Å². The van der Waals surface area contributed by atoms with Crippen LogP contribution in [0.4, 0.5) is 0 Å². The Bertz CT molecular complexity index is 439. The Labute approximate surface area is 121 Å². The van der Waals surface area contributed by atoms with Crippen molar-refractivity contribution >= 4 is 0 Å². The van der Waals surface area contributed by atoms with Gasteiger partial charge in [0.1, 0.15) is 0 Å². The molecule has 1 fully saturated rings. The van der Waals surface area contributed by atoms with Crippen LogP contribution in [0.25, 0.3) is 0 Å². The fourth-order valence-corrected chi connectivity index (χ4v) is 2.62. The van der Waals surface area contributed by atoms with E-state index >= 15 is 0 Å². The molecule has 0 aliphatic carbocycles. The average molecular weight is 279 g/mol. The molecule has 0 aromatic heterocycles. The number of nitrogens with zero attached hydrogens (tertiary/aromatic N) is 1. The minimum atomic E-state index is -0.747. The lowest BCUT2D eigenvalue weighted by atomic mass is 9.84. The van der Waals surface area contributed by atoms with Crippen LogP contribution in [-0.2, 0) is 5.60 Å². The molecule has 1 aliphatic heterocycles. The summed E-state index contributed by atoms with van der Waals surface area (Å²) in [7, 11) is 2.09. The van der Waals surface area contributed by atoms with Crippen molar-refractivity contribution in [3.05, 3.63) is 23.8 Å². The van der Waals surface area contributed by atoms with Gasteiger partial charge in [-0.2, -0.15) is 0 Å². The van der Waals surface area contributed by atoms with E-state index in [9.17, 15) is 5.11 Å². The van der Waals surface area contributed by atoms with Crippen LogP contribution < -0.4 is 9.47 Å². The van der Waals surface area contributed by atoms with Gasteiger partial charge in [0.25, 0.3) is 0 Å². The maximum Gasteiger partial charge on any atom is 0.161 e. The van der Waals surface area contributed by atoms with Gasteiger partial charge in [-0.1, -0.05) is 6.07 Å². The van der Waals surface area contributed by atoms with Gasteiger partial charge >= 0.3 is 0 Å². The zero-order valence-electron chi connectivity index (χ0n) is 12.7. The van der Waals surface area contributed by atoms with E-state index in [4.69, 9.17) is 9.47 Å². The first-order valence-corrected chi connectivity index (χ1v) is 7.40. The molecule has 0 radical (unpaired) electrons. The number of piperidine rings is 1. The van der Waals surface area contributed by atoms with Crippen LogP contribution in [0.15, 0.2) is 18.2 Å². The molecule has 1 aliphatic rings. The number of benzene rings is 1. The third-order valence-corrected chi connectivity index (χ3v) is 3.89. The van der Waals surface area contributed by atoms with Crippen LogP contribution >= 0.6 is 0 Å². The van der Waals surface area contributed by atoms with E-state index < -0.39 is 5.60 Å². The molecule has 0 bridgehead atoms. The topological polar surface area (TPSA) is 41.9 Å². The molecule has 0 atom stereocenters. The lowest BCUT2D eigenvalue weighted by molar-refractivity contribution is -0.0205. The minimum Gasteiger partial charge on any atom is -0.490 e. The quantitative estimate of drug-likeness (QED) is 0.898. The Morgan fingerprint density at radius 2 is 1.70 bits per heavy atom. The van der Waals surface area contributed by atoms with Crippen LogP contribution in [0.5, 0.6) is 11.5 Å². The molecule has 1 N–H and O–H groups in total. The molecule has 2 rings (SSSR count). The van der Waals surface area contributed by atoms with E-state index in [-0.39, 0.29) is 0 Å². The fraction of sp³-hybridized carbons (Fsp3) is 0.625. The normalized spacial score (nSPS) is 18.8. The van der Waals surface area contributed by atoms with E-state index in [1.165, 1.54) is 0 Å². The largest absolute Gasteiger partial charge is 0.490 e. The Kier molecular flexibility index (Phi) is 4.89. The number of aliphatic hydroxyl groups is 1.